The molecule has 1 amide bonds. The number of nitrogens with one attached hydrogen (secondary N) is 2. The Morgan fingerprint density at radius 3 is 2.85 bits per heavy atom. The molecule has 0 atom stereocenters. The highest BCUT2D eigenvalue weighted by Gasteiger charge is 2.26. The molecule has 7 nitrogen and oxygen atoms in total. The number of carbonyl (C=O) groups is 1. The Labute approximate surface area is 151 Å². The predicted molar refractivity (Wildman–Crippen MR) is 96.8 cm³/mol. The number of aromatic nitrogens is 4. The van der Waals surface area contributed by atoms with E-state index in [0.717, 1.165) is 18.5 Å². The number of benzene rings is 1. The summed E-state index contributed by atoms with van der Waals surface area (Å²) >= 11 is 0. The van der Waals surface area contributed by atoms with Gasteiger partial charge in [0, 0.05) is 36.5 Å². The lowest BCUT2D eigenvalue weighted by molar-refractivity contribution is 0.0947. The van der Waals surface area contributed by atoms with Gasteiger partial charge in [0.2, 0.25) is 0 Å². The van der Waals surface area contributed by atoms with E-state index in [1.165, 1.54) is 18.5 Å². The van der Waals surface area contributed by atoms with Crippen LogP contribution in [0.3, 0.4) is 0 Å². The maximum absolute atomic E-state index is 12.2. The Bertz CT molecular complexity index is 893. The van der Waals surface area contributed by atoms with Crippen molar-refractivity contribution in [3.63, 3.8) is 0 Å². The number of rotatable bonds is 7. The van der Waals surface area contributed by atoms with Crippen LogP contribution in [-0.4, -0.2) is 37.5 Å². The largest absolute Gasteiger partial charge is 0.508 e. The third-order valence-corrected chi connectivity index (χ3v) is 4.56. The van der Waals surface area contributed by atoms with Crippen LogP contribution >= 0.6 is 0 Å². The number of amides is 1. The van der Waals surface area contributed by atoms with Crippen molar-refractivity contribution in [2.75, 3.05) is 6.54 Å². The lowest BCUT2D eigenvalue weighted by Gasteiger charge is -2.07. The normalized spacial score (nSPS) is 13.7. The van der Waals surface area contributed by atoms with Gasteiger partial charge in [-0.25, -0.2) is 0 Å². The van der Waals surface area contributed by atoms with Gasteiger partial charge in [0.25, 0.3) is 5.91 Å². The first kappa shape index (κ1) is 16.4. The molecule has 7 heteroatoms. The van der Waals surface area contributed by atoms with Crippen LogP contribution in [0.25, 0.3) is 11.3 Å². The summed E-state index contributed by atoms with van der Waals surface area (Å²) in [5.74, 6) is 0.699. The van der Waals surface area contributed by atoms with Crippen molar-refractivity contribution >= 4 is 5.91 Å². The minimum Gasteiger partial charge on any atom is -0.508 e. The van der Waals surface area contributed by atoms with Gasteiger partial charge in [-0.15, -0.1) is 0 Å². The van der Waals surface area contributed by atoms with E-state index in [9.17, 15) is 9.90 Å². The van der Waals surface area contributed by atoms with Crippen LogP contribution in [0.2, 0.25) is 0 Å². The number of H-pyrrole nitrogens is 1. The highest BCUT2D eigenvalue weighted by Crippen LogP contribution is 2.39. The monoisotopic (exact) mass is 351 g/mol. The third kappa shape index (κ3) is 3.61. The Morgan fingerprint density at radius 2 is 2.08 bits per heavy atom. The van der Waals surface area contributed by atoms with E-state index in [-0.39, 0.29) is 11.7 Å². The smallest absolute Gasteiger partial charge is 0.269 e. The van der Waals surface area contributed by atoms with Crippen molar-refractivity contribution in [2.24, 2.45) is 0 Å². The third-order valence-electron chi connectivity index (χ3n) is 4.56. The van der Waals surface area contributed by atoms with Crippen molar-refractivity contribution in [1.82, 2.24) is 25.3 Å². The zero-order valence-electron chi connectivity index (χ0n) is 14.4. The van der Waals surface area contributed by atoms with E-state index in [4.69, 9.17) is 0 Å². The van der Waals surface area contributed by atoms with Gasteiger partial charge >= 0.3 is 0 Å². The molecule has 0 saturated heterocycles. The number of aromatic amines is 1. The van der Waals surface area contributed by atoms with Gasteiger partial charge in [0.1, 0.15) is 11.4 Å². The fourth-order valence-corrected chi connectivity index (χ4v) is 3.00. The van der Waals surface area contributed by atoms with Gasteiger partial charge in [0.05, 0.1) is 5.69 Å². The number of nitrogens with zero attached hydrogens (tertiary/aromatic N) is 3. The molecule has 2 heterocycles. The molecule has 2 aromatic heterocycles. The number of carbonyl (C=O) groups excluding carboxylic acids is 1. The van der Waals surface area contributed by atoms with Crippen LogP contribution in [0.1, 0.15) is 41.4 Å². The van der Waals surface area contributed by atoms with E-state index in [2.05, 4.69) is 26.7 Å². The van der Waals surface area contributed by atoms with Gasteiger partial charge in [-0.3, -0.25) is 14.6 Å². The summed E-state index contributed by atoms with van der Waals surface area (Å²) in [7, 11) is 0. The first-order chi connectivity index (χ1) is 12.7. The van der Waals surface area contributed by atoms with Gasteiger partial charge in [-0.2, -0.15) is 10.2 Å². The summed E-state index contributed by atoms with van der Waals surface area (Å²) in [5, 5.41) is 23.5. The summed E-state index contributed by atoms with van der Waals surface area (Å²) in [6.07, 6.45) is 5.19. The molecule has 0 spiro atoms. The lowest BCUT2D eigenvalue weighted by Crippen LogP contribution is -2.25. The number of phenolic OH excluding ortho intramolecular Hbond substituents is 1. The molecule has 0 radical (unpaired) electrons. The molecular weight excluding hydrogens is 330 g/mol. The standard InChI is InChI=1S/C19H21N5O2/c25-15-6-4-13(5-7-15)16-12-17(23-22-16)19(26)20-9-1-11-24-18(8-10-21-24)14-2-3-14/h4-8,10,12,14,25H,1-3,9,11H2,(H,20,26)(H,22,23). The van der Waals surface area contributed by atoms with Crippen molar-refractivity contribution in [3.05, 3.63) is 54.0 Å². The molecule has 0 aliphatic heterocycles. The second kappa shape index (κ2) is 7.03. The molecule has 0 bridgehead atoms. The van der Waals surface area contributed by atoms with Gasteiger partial charge in [-0.05, 0) is 55.7 Å². The molecule has 3 aromatic rings. The Kier molecular flexibility index (Phi) is 4.43. The minimum absolute atomic E-state index is 0.176. The first-order valence-electron chi connectivity index (χ1n) is 8.85. The SMILES string of the molecule is O=C(NCCCn1nccc1C1CC1)c1cc(-c2ccc(O)cc2)n[nH]1. The number of phenols is 1. The molecule has 0 unspecified atom stereocenters. The maximum Gasteiger partial charge on any atom is 0.269 e. The molecular formula is C19H21N5O2. The van der Waals surface area contributed by atoms with Crippen LogP contribution < -0.4 is 5.32 Å². The van der Waals surface area contributed by atoms with Gasteiger partial charge < -0.3 is 10.4 Å². The Balaban J connectivity index is 1.28. The maximum atomic E-state index is 12.2. The second-order valence-corrected chi connectivity index (χ2v) is 6.58. The van der Waals surface area contributed by atoms with E-state index in [1.807, 2.05) is 10.9 Å². The molecule has 134 valence electrons. The van der Waals surface area contributed by atoms with E-state index in [1.54, 1.807) is 30.3 Å². The minimum atomic E-state index is -0.176. The van der Waals surface area contributed by atoms with Gasteiger partial charge in [0.15, 0.2) is 0 Å². The van der Waals surface area contributed by atoms with Crippen LogP contribution in [0.5, 0.6) is 5.75 Å². The number of aryl methyl sites for hydroxylation is 1. The first-order valence-corrected chi connectivity index (χ1v) is 8.85. The molecule has 1 aliphatic rings. The lowest BCUT2D eigenvalue weighted by atomic mass is 10.1. The van der Waals surface area contributed by atoms with Crippen LogP contribution in [-0.2, 0) is 6.54 Å². The summed E-state index contributed by atoms with van der Waals surface area (Å²) < 4.78 is 2.04. The summed E-state index contributed by atoms with van der Waals surface area (Å²) in [6.45, 7) is 1.39. The topological polar surface area (TPSA) is 95.8 Å². The molecule has 4 rings (SSSR count). The summed E-state index contributed by atoms with van der Waals surface area (Å²) in [5.41, 5.74) is 3.24. The quantitative estimate of drug-likeness (QED) is 0.570. The zero-order valence-corrected chi connectivity index (χ0v) is 14.4. The van der Waals surface area contributed by atoms with Gasteiger partial charge in [-0.1, -0.05) is 0 Å². The zero-order chi connectivity index (χ0) is 17.9. The van der Waals surface area contributed by atoms with Crippen LogP contribution in [0, 0.1) is 0 Å². The van der Waals surface area contributed by atoms with Crippen molar-refractivity contribution in [1.29, 1.82) is 0 Å². The molecule has 3 N–H and O–H groups in total. The molecule has 1 saturated carbocycles. The van der Waals surface area contributed by atoms with E-state index >= 15 is 0 Å². The average molecular weight is 351 g/mol. The Hall–Kier alpha value is -3.09. The molecule has 1 aliphatic carbocycles. The van der Waals surface area contributed by atoms with Crippen LogP contribution in [0.4, 0.5) is 0 Å². The number of aromatic hydroxyl groups is 1. The van der Waals surface area contributed by atoms with Crippen LogP contribution in [0.15, 0.2) is 42.6 Å². The molecule has 1 fully saturated rings. The second-order valence-electron chi connectivity index (χ2n) is 6.58. The van der Waals surface area contributed by atoms with Crippen molar-refractivity contribution in [3.8, 4) is 17.0 Å². The Morgan fingerprint density at radius 1 is 1.27 bits per heavy atom. The van der Waals surface area contributed by atoms with E-state index in [0.29, 0.717) is 23.9 Å². The summed E-state index contributed by atoms with van der Waals surface area (Å²) in [4.78, 5) is 12.2. The highest BCUT2D eigenvalue weighted by atomic mass is 16.3. The van der Waals surface area contributed by atoms with E-state index < -0.39 is 0 Å². The fraction of sp³-hybridized carbons (Fsp3) is 0.316. The van der Waals surface area contributed by atoms with Crippen molar-refractivity contribution < 1.29 is 9.90 Å². The highest BCUT2D eigenvalue weighted by molar-refractivity contribution is 5.93. The fourth-order valence-electron chi connectivity index (χ4n) is 3.00. The molecule has 1 aromatic carbocycles. The van der Waals surface area contributed by atoms with Crippen molar-refractivity contribution in [2.45, 2.75) is 31.7 Å². The molecule has 26 heavy (non-hydrogen) atoms. The summed E-state index contributed by atoms with van der Waals surface area (Å²) in [6, 6.07) is 10.5. The predicted octanol–water partition coefficient (Wildman–Crippen LogP) is 2.68. The number of hydrogen-bond donors (Lipinski definition) is 3. The number of hydrogen-bond acceptors (Lipinski definition) is 4. The average Bonchev–Trinajstić information content (AvgIpc) is 3.18.